The van der Waals surface area contributed by atoms with Crippen molar-refractivity contribution in [3.63, 3.8) is 0 Å². The van der Waals surface area contributed by atoms with E-state index in [1.807, 2.05) is 24.3 Å². The van der Waals surface area contributed by atoms with E-state index >= 15 is 0 Å². The summed E-state index contributed by atoms with van der Waals surface area (Å²) in [6.45, 7) is 0.433. The first-order valence-corrected chi connectivity index (χ1v) is 10.0. The molecule has 0 saturated heterocycles. The monoisotopic (exact) mass is 430 g/mol. The van der Waals surface area contributed by atoms with Gasteiger partial charge in [0.25, 0.3) is 11.5 Å². The van der Waals surface area contributed by atoms with Crippen molar-refractivity contribution in [3.05, 3.63) is 105 Å². The second kappa shape index (κ2) is 8.89. The van der Waals surface area contributed by atoms with E-state index < -0.39 is 11.2 Å². The third-order valence-corrected chi connectivity index (χ3v) is 5.29. The molecule has 2 heterocycles. The normalized spacial score (nSPS) is 10.8. The van der Waals surface area contributed by atoms with E-state index in [2.05, 4.69) is 10.3 Å². The lowest BCUT2D eigenvalue weighted by Gasteiger charge is -2.12. The zero-order valence-corrected chi connectivity index (χ0v) is 17.7. The number of hydrogen-bond donors (Lipinski definition) is 1. The number of amides is 1. The second-order valence-corrected chi connectivity index (χ2v) is 7.36. The van der Waals surface area contributed by atoms with Gasteiger partial charge in [0.15, 0.2) is 0 Å². The van der Waals surface area contributed by atoms with Crippen molar-refractivity contribution in [2.45, 2.75) is 13.1 Å². The first-order chi connectivity index (χ1) is 15.5. The highest BCUT2D eigenvalue weighted by Gasteiger charge is 2.14. The molecule has 32 heavy (non-hydrogen) atoms. The lowest BCUT2D eigenvalue weighted by atomic mass is 10.1. The van der Waals surface area contributed by atoms with Crippen LogP contribution in [-0.4, -0.2) is 27.1 Å². The number of aromatic nitrogens is 3. The van der Waals surface area contributed by atoms with Crippen LogP contribution in [0.2, 0.25) is 0 Å². The standard InChI is InChI=1S/C24H22N4O4/c1-27-21-10-7-18(22(29)26-14-16-5-8-19(32-2)9-6-16)12-20(21)23(30)28(24(27)31)15-17-4-3-11-25-13-17/h3-13H,14-15H2,1-2H3,(H,26,29). The number of aryl methyl sites for hydroxylation is 1. The average Bonchev–Trinajstić information content (AvgIpc) is 2.84. The molecule has 0 saturated carbocycles. The number of carbonyl (C=O) groups is 1. The maximum Gasteiger partial charge on any atom is 0.331 e. The van der Waals surface area contributed by atoms with E-state index in [1.54, 1.807) is 50.8 Å². The Bertz CT molecular complexity index is 1390. The van der Waals surface area contributed by atoms with E-state index in [0.717, 1.165) is 21.4 Å². The summed E-state index contributed by atoms with van der Waals surface area (Å²) in [4.78, 5) is 42.6. The number of pyridine rings is 1. The first kappa shape index (κ1) is 21.0. The van der Waals surface area contributed by atoms with Crippen molar-refractivity contribution >= 4 is 16.8 Å². The van der Waals surface area contributed by atoms with Gasteiger partial charge in [0, 0.05) is 31.5 Å². The van der Waals surface area contributed by atoms with Gasteiger partial charge < -0.3 is 10.1 Å². The van der Waals surface area contributed by atoms with Gasteiger partial charge in [-0.3, -0.25) is 23.7 Å². The molecule has 8 heteroatoms. The molecular formula is C24H22N4O4. The van der Waals surface area contributed by atoms with Gasteiger partial charge in [0.1, 0.15) is 5.75 Å². The molecule has 1 amide bonds. The summed E-state index contributed by atoms with van der Waals surface area (Å²) in [7, 11) is 3.20. The van der Waals surface area contributed by atoms with Crippen molar-refractivity contribution < 1.29 is 9.53 Å². The van der Waals surface area contributed by atoms with E-state index in [1.165, 1.54) is 10.6 Å². The Morgan fingerprint density at radius 1 is 1.06 bits per heavy atom. The topological polar surface area (TPSA) is 95.2 Å². The van der Waals surface area contributed by atoms with Gasteiger partial charge in [-0.1, -0.05) is 18.2 Å². The Hall–Kier alpha value is -4.20. The summed E-state index contributed by atoms with van der Waals surface area (Å²) >= 11 is 0. The molecule has 0 fully saturated rings. The molecule has 0 aliphatic rings. The van der Waals surface area contributed by atoms with Gasteiger partial charge in [0.05, 0.1) is 24.6 Å². The fourth-order valence-electron chi connectivity index (χ4n) is 3.50. The summed E-state index contributed by atoms with van der Waals surface area (Å²) in [6, 6.07) is 15.7. The number of benzene rings is 2. The molecule has 0 unspecified atom stereocenters. The average molecular weight is 430 g/mol. The predicted octanol–water partition coefficient (Wildman–Crippen LogP) is 2.08. The lowest BCUT2D eigenvalue weighted by molar-refractivity contribution is 0.0951. The van der Waals surface area contributed by atoms with Crippen LogP contribution in [0, 0.1) is 0 Å². The molecule has 1 N–H and O–H groups in total. The molecule has 2 aromatic heterocycles. The quantitative estimate of drug-likeness (QED) is 0.505. The highest BCUT2D eigenvalue weighted by Crippen LogP contribution is 2.13. The summed E-state index contributed by atoms with van der Waals surface area (Å²) < 4.78 is 7.69. The van der Waals surface area contributed by atoms with Gasteiger partial charge >= 0.3 is 5.69 Å². The van der Waals surface area contributed by atoms with E-state index in [-0.39, 0.29) is 12.5 Å². The number of methoxy groups -OCH3 is 1. The molecule has 0 spiro atoms. The van der Waals surface area contributed by atoms with Crippen LogP contribution < -0.4 is 21.3 Å². The number of fused-ring (bicyclic) bond motifs is 1. The van der Waals surface area contributed by atoms with Crippen LogP contribution in [-0.2, 0) is 20.1 Å². The molecule has 162 valence electrons. The summed E-state index contributed by atoms with van der Waals surface area (Å²) in [5, 5.41) is 3.15. The Morgan fingerprint density at radius 3 is 2.53 bits per heavy atom. The predicted molar refractivity (Wildman–Crippen MR) is 121 cm³/mol. The van der Waals surface area contributed by atoms with Crippen molar-refractivity contribution in [1.29, 1.82) is 0 Å². The molecule has 0 radical (unpaired) electrons. The van der Waals surface area contributed by atoms with Gasteiger partial charge in [-0.15, -0.1) is 0 Å². The smallest absolute Gasteiger partial charge is 0.331 e. The largest absolute Gasteiger partial charge is 0.497 e. The van der Waals surface area contributed by atoms with Gasteiger partial charge in [0.2, 0.25) is 0 Å². The number of nitrogens with zero attached hydrogens (tertiary/aromatic N) is 3. The zero-order chi connectivity index (χ0) is 22.7. The van der Waals surface area contributed by atoms with Crippen LogP contribution in [0.3, 0.4) is 0 Å². The minimum Gasteiger partial charge on any atom is -0.497 e. The van der Waals surface area contributed by atoms with E-state index in [9.17, 15) is 14.4 Å². The number of carbonyl (C=O) groups excluding carboxylic acids is 1. The minimum atomic E-state index is -0.447. The molecule has 4 rings (SSSR count). The van der Waals surface area contributed by atoms with Crippen LogP contribution in [0.15, 0.2) is 76.6 Å². The molecule has 0 atom stereocenters. The number of hydrogen-bond acceptors (Lipinski definition) is 5. The highest BCUT2D eigenvalue weighted by atomic mass is 16.5. The van der Waals surface area contributed by atoms with Crippen LogP contribution >= 0.6 is 0 Å². The third-order valence-electron chi connectivity index (χ3n) is 5.29. The molecular weight excluding hydrogens is 408 g/mol. The Balaban J connectivity index is 1.64. The van der Waals surface area contributed by atoms with Crippen LogP contribution in [0.5, 0.6) is 5.75 Å². The fraction of sp³-hybridized carbons (Fsp3) is 0.167. The van der Waals surface area contributed by atoms with Crippen molar-refractivity contribution in [3.8, 4) is 5.75 Å². The summed E-state index contributed by atoms with van der Waals surface area (Å²) in [5.74, 6) is 0.428. The van der Waals surface area contributed by atoms with Gasteiger partial charge in [-0.2, -0.15) is 0 Å². The number of rotatable bonds is 6. The molecule has 0 aliphatic heterocycles. The van der Waals surface area contributed by atoms with E-state index in [4.69, 9.17) is 4.74 Å². The van der Waals surface area contributed by atoms with Crippen molar-refractivity contribution in [2.24, 2.45) is 7.05 Å². The minimum absolute atomic E-state index is 0.100. The second-order valence-electron chi connectivity index (χ2n) is 7.36. The molecule has 0 aliphatic carbocycles. The lowest BCUT2D eigenvalue weighted by Crippen LogP contribution is -2.39. The number of ether oxygens (including phenoxy) is 1. The summed E-state index contributed by atoms with van der Waals surface area (Å²) in [5.41, 5.74) is 1.59. The maximum atomic E-state index is 13.1. The van der Waals surface area contributed by atoms with Crippen LogP contribution in [0.25, 0.3) is 10.9 Å². The van der Waals surface area contributed by atoms with Gasteiger partial charge in [-0.25, -0.2) is 4.79 Å². The Labute approximate surface area is 183 Å². The zero-order valence-electron chi connectivity index (χ0n) is 17.7. The molecule has 0 bridgehead atoms. The van der Waals surface area contributed by atoms with Crippen molar-refractivity contribution in [1.82, 2.24) is 19.4 Å². The maximum absolute atomic E-state index is 13.1. The number of nitrogens with one attached hydrogen (secondary N) is 1. The Morgan fingerprint density at radius 2 is 1.84 bits per heavy atom. The highest BCUT2D eigenvalue weighted by molar-refractivity contribution is 5.97. The van der Waals surface area contributed by atoms with E-state index in [0.29, 0.717) is 23.0 Å². The third kappa shape index (κ3) is 4.15. The summed E-state index contributed by atoms with van der Waals surface area (Å²) in [6.07, 6.45) is 3.24. The first-order valence-electron chi connectivity index (χ1n) is 10.0. The van der Waals surface area contributed by atoms with Crippen LogP contribution in [0.4, 0.5) is 0 Å². The molecule has 2 aromatic carbocycles. The molecule has 8 nitrogen and oxygen atoms in total. The van der Waals surface area contributed by atoms with Crippen molar-refractivity contribution in [2.75, 3.05) is 7.11 Å². The Kier molecular flexibility index (Phi) is 5.85. The molecule has 4 aromatic rings. The van der Waals surface area contributed by atoms with Gasteiger partial charge in [-0.05, 0) is 47.5 Å². The SMILES string of the molecule is COc1ccc(CNC(=O)c2ccc3c(c2)c(=O)n(Cc2cccnc2)c(=O)n3C)cc1. The fourth-order valence-corrected chi connectivity index (χ4v) is 3.50. The van der Waals surface area contributed by atoms with Crippen LogP contribution in [0.1, 0.15) is 21.5 Å².